The van der Waals surface area contributed by atoms with Gasteiger partial charge in [0.15, 0.2) is 5.82 Å². The molecule has 0 atom stereocenters. The number of para-hydroxylation sites is 2. The number of aromatic nitrogens is 4. The van der Waals surface area contributed by atoms with E-state index in [2.05, 4.69) is 20.8 Å². The van der Waals surface area contributed by atoms with Crippen molar-refractivity contribution in [3.8, 4) is 5.75 Å². The van der Waals surface area contributed by atoms with Gasteiger partial charge in [0.25, 0.3) is 5.91 Å². The summed E-state index contributed by atoms with van der Waals surface area (Å²) in [4.78, 5) is 28.2. The van der Waals surface area contributed by atoms with Gasteiger partial charge in [0.05, 0.1) is 25.6 Å². The molecule has 4 aromatic rings. The number of carbonyl (C=O) groups is 2. The van der Waals surface area contributed by atoms with E-state index in [1.165, 1.54) is 23.0 Å². The number of carbonyl (C=O) groups excluding carboxylic acids is 2. The number of aryl methyl sites for hydroxylation is 1. The van der Waals surface area contributed by atoms with E-state index in [1.54, 1.807) is 49.4 Å². The Morgan fingerprint density at radius 1 is 1.09 bits per heavy atom. The molecule has 10 heteroatoms. The molecule has 10 nitrogen and oxygen atoms in total. The highest BCUT2D eigenvalue weighted by molar-refractivity contribution is 6.19. The summed E-state index contributed by atoms with van der Waals surface area (Å²) in [5.74, 6) is 0.615. The smallest absolute Gasteiger partial charge is 0.273 e. The van der Waals surface area contributed by atoms with Crippen LogP contribution in [0.1, 0.15) is 17.1 Å². The van der Waals surface area contributed by atoms with Gasteiger partial charge in [-0.3, -0.25) is 9.59 Å². The summed E-state index contributed by atoms with van der Waals surface area (Å²) in [5, 5.41) is 14.4. The molecule has 1 N–H and O–H groups in total. The lowest BCUT2D eigenvalue weighted by atomic mass is 10.1. The monoisotopic (exact) mass is 472 g/mol. The molecule has 2 amide bonds. The SMILES string of the molecule is COc1ccccc1NC(=O)CN(Cc1ccco1)C(=O)/C(=C/c1ccccc1)n1nnnc1C. The first-order chi connectivity index (χ1) is 17.0. The Morgan fingerprint density at radius 3 is 2.54 bits per heavy atom. The number of rotatable bonds is 9. The second kappa shape index (κ2) is 10.9. The molecule has 0 fully saturated rings. The van der Waals surface area contributed by atoms with Crippen molar-refractivity contribution < 1.29 is 18.7 Å². The summed E-state index contributed by atoms with van der Waals surface area (Å²) in [6.45, 7) is 1.51. The van der Waals surface area contributed by atoms with Crippen LogP contribution in [0.4, 0.5) is 5.69 Å². The van der Waals surface area contributed by atoms with E-state index in [4.69, 9.17) is 9.15 Å². The van der Waals surface area contributed by atoms with Crippen molar-refractivity contribution in [1.29, 1.82) is 0 Å². The zero-order valence-electron chi connectivity index (χ0n) is 19.3. The van der Waals surface area contributed by atoms with Crippen LogP contribution < -0.4 is 10.1 Å². The summed E-state index contributed by atoms with van der Waals surface area (Å²) in [5.41, 5.74) is 1.47. The molecule has 178 valence electrons. The predicted octanol–water partition coefficient (Wildman–Crippen LogP) is 3.25. The van der Waals surface area contributed by atoms with E-state index in [1.807, 2.05) is 30.3 Å². The largest absolute Gasteiger partial charge is 0.495 e. The molecule has 0 aliphatic heterocycles. The van der Waals surface area contributed by atoms with Crippen LogP contribution in [-0.2, 0) is 16.1 Å². The number of anilines is 1. The first kappa shape index (κ1) is 23.4. The number of tetrazole rings is 1. The van der Waals surface area contributed by atoms with Crippen LogP contribution in [0, 0.1) is 6.92 Å². The zero-order valence-corrected chi connectivity index (χ0v) is 19.3. The van der Waals surface area contributed by atoms with Crippen LogP contribution in [0.15, 0.2) is 77.4 Å². The third-order valence-corrected chi connectivity index (χ3v) is 5.11. The van der Waals surface area contributed by atoms with E-state index < -0.39 is 11.8 Å². The van der Waals surface area contributed by atoms with Crippen LogP contribution in [-0.4, -0.2) is 50.6 Å². The molecular formula is C25H24N6O4. The fourth-order valence-electron chi connectivity index (χ4n) is 3.44. The topological polar surface area (TPSA) is 115 Å². The third-order valence-electron chi connectivity index (χ3n) is 5.11. The molecule has 0 spiro atoms. The fourth-order valence-corrected chi connectivity index (χ4v) is 3.44. The van der Waals surface area contributed by atoms with Crippen LogP contribution in [0.3, 0.4) is 0 Å². The number of amides is 2. The average molecular weight is 473 g/mol. The van der Waals surface area contributed by atoms with Crippen molar-refractivity contribution >= 4 is 29.3 Å². The second-order valence-electron chi connectivity index (χ2n) is 7.57. The predicted molar refractivity (Wildman–Crippen MR) is 129 cm³/mol. The molecule has 2 heterocycles. The Morgan fingerprint density at radius 2 is 1.86 bits per heavy atom. The van der Waals surface area contributed by atoms with Crippen LogP contribution in [0.2, 0.25) is 0 Å². The highest BCUT2D eigenvalue weighted by atomic mass is 16.5. The normalized spacial score (nSPS) is 11.2. The minimum Gasteiger partial charge on any atom is -0.495 e. The lowest BCUT2D eigenvalue weighted by molar-refractivity contribution is -0.130. The quantitative estimate of drug-likeness (QED) is 0.372. The van der Waals surface area contributed by atoms with Gasteiger partial charge in [0.1, 0.15) is 23.8 Å². The molecular weight excluding hydrogens is 448 g/mol. The molecule has 4 rings (SSSR count). The minimum atomic E-state index is -0.448. The molecule has 0 aliphatic rings. The van der Waals surface area contributed by atoms with Crippen molar-refractivity contribution in [2.45, 2.75) is 13.5 Å². The Hall–Kier alpha value is -4.73. The van der Waals surface area contributed by atoms with Crippen LogP contribution >= 0.6 is 0 Å². The van der Waals surface area contributed by atoms with E-state index in [9.17, 15) is 9.59 Å². The summed E-state index contributed by atoms with van der Waals surface area (Å²) >= 11 is 0. The summed E-state index contributed by atoms with van der Waals surface area (Å²) in [6.07, 6.45) is 3.19. The van der Waals surface area contributed by atoms with Gasteiger partial charge >= 0.3 is 0 Å². The van der Waals surface area contributed by atoms with Gasteiger partial charge in [0.2, 0.25) is 5.91 Å². The average Bonchev–Trinajstić information content (AvgIpc) is 3.54. The highest BCUT2D eigenvalue weighted by Crippen LogP contribution is 2.23. The van der Waals surface area contributed by atoms with E-state index in [0.29, 0.717) is 23.0 Å². The molecule has 0 aliphatic carbocycles. The number of hydrogen-bond acceptors (Lipinski definition) is 7. The van der Waals surface area contributed by atoms with Crippen LogP contribution in [0.25, 0.3) is 11.8 Å². The Balaban J connectivity index is 1.66. The fraction of sp³-hybridized carbons (Fsp3) is 0.160. The first-order valence-electron chi connectivity index (χ1n) is 10.8. The third kappa shape index (κ3) is 5.80. The molecule has 0 radical (unpaired) electrons. The van der Waals surface area contributed by atoms with Crippen molar-refractivity contribution in [3.63, 3.8) is 0 Å². The number of benzene rings is 2. The minimum absolute atomic E-state index is 0.0679. The Labute approximate surface area is 201 Å². The van der Waals surface area contributed by atoms with E-state index in [-0.39, 0.29) is 18.8 Å². The maximum Gasteiger partial charge on any atom is 0.273 e. The highest BCUT2D eigenvalue weighted by Gasteiger charge is 2.26. The number of furan rings is 1. The summed E-state index contributed by atoms with van der Waals surface area (Å²) in [7, 11) is 1.52. The lowest BCUT2D eigenvalue weighted by Gasteiger charge is -2.23. The number of methoxy groups -OCH3 is 1. The molecule has 2 aromatic carbocycles. The molecule has 35 heavy (non-hydrogen) atoms. The van der Waals surface area contributed by atoms with Gasteiger partial charge in [-0.2, -0.15) is 4.68 Å². The number of hydrogen-bond donors (Lipinski definition) is 1. The first-order valence-corrected chi connectivity index (χ1v) is 10.8. The summed E-state index contributed by atoms with van der Waals surface area (Å²) < 4.78 is 12.1. The van der Waals surface area contributed by atoms with Gasteiger partial charge in [-0.15, -0.1) is 5.10 Å². The molecule has 0 saturated carbocycles. The van der Waals surface area contributed by atoms with Gasteiger partial charge < -0.3 is 19.4 Å². The molecule has 2 aromatic heterocycles. The van der Waals surface area contributed by atoms with Crippen molar-refractivity contribution in [2.24, 2.45) is 0 Å². The van der Waals surface area contributed by atoms with Gasteiger partial charge in [-0.25, -0.2) is 0 Å². The van der Waals surface area contributed by atoms with Crippen molar-refractivity contribution in [2.75, 3.05) is 19.0 Å². The van der Waals surface area contributed by atoms with E-state index in [0.717, 1.165) is 5.56 Å². The van der Waals surface area contributed by atoms with Crippen molar-refractivity contribution in [3.05, 3.63) is 90.1 Å². The molecule has 0 bridgehead atoms. The number of ether oxygens (including phenoxy) is 1. The standard InChI is InChI=1S/C25H24N6O4/c1-18-27-28-29-31(18)22(15-19-9-4-3-5-10-19)25(33)30(16-20-11-8-14-35-20)17-24(32)26-21-12-6-7-13-23(21)34-2/h3-15H,16-17H2,1-2H3,(H,26,32)/b22-15-. The number of nitrogens with zero attached hydrogens (tertiary/aromatic N) is 5. The Kier molecular flexibility index (Phi) is 7.31. The second-order valence-corrected chi connectivity index (χ2v) is 7.57. The van der Waals surface area contributed by atoms with Crippen molar-refractivity contribution in [1.82, 2.24) is 25.1 Å². The van der Waals surface area contributed by atoms with E-state index >= 15 is 0 Å². The molecule has 0 saturated heterocycles. The zero-order chi connectivity index (χ0) is 24.6. The Bertz CT molecular complexity index is 1310. The maximum absolute atomic E-state index is 13.8. The molecule has 0 unspecified atom stereocenters. The van der Waals surface area contributed by atoms with Crippen LogP contribution in [0.5, 0.6) is 5.75 Å². The maximum atomic E-state index is 13.8. The number of nitrogens with one attached hydrogen (secondary N) is 1. The van der Waals surface area contributed by atoms with Gasteiger partial charge in [0, 0.05) is 0 Å². The van der Waals surface area contributed by atoms with Gasteiger partial charge in [-0.1, -0.05) is 42.5 Å². The lowest BCUT2D eigenvalue weighted by Crippen LogP contribution is -2.39. The van der Waals surface area contributed by atoms with Gasteiger partial charge in [-0.05, 0) is 53.3 Å². The summed E-state index contributed by atoms with van der Waals surface area (Å²) in [6, 6.07) is 19.8.